The van der Waals surface area contributed by atoms with Gasteiger partial charge in [-0.3, -0.25) is 14.3 Å². The fraction of sp³-hybridized carbons (Fsp3) is 0.304. The first-order valence-corrected chi connectivity index (χ1v) is 11.1. The molecular formula is C23H24N4O2S. The molecule has 0 saturated carbocycles. The molecule has 30 heavy (non-hydrogen) atoms. The second kappa shape index (κ2) is 9.26. The van der Waals surface area contributed by atoms with Crippen LogP contribution in [0, 0.1) is 6.92 Å². The third-order valence-corrected chi connectivity index (χ3v) is 6.21. The summed E-state index contributed by atoms with van der Waals surface area (Å²) in [4.78, 5) is 33.6. The summed E-state index contributed by atoms with van der Waals surface area (Å²) in [5, 5.41) is 3.63. The number of fused-ring (bicyclic) bond motifs is 1. The molecule has 2 heterocycles. The van der Waals surface area contributed by atoms with Crippen molar-refractivity contribution in [1.29, 1.82) is 0 Å². The molecule has 0 bridgehead atoms. The van der Waals surface area contributed by atoms with E-state index in [9.17, 15) is 9.59 Å². The van der Waals surface area contributed by atoms with E-state index in [2.05, 4.69) is 15.3 Å². The Bertz CT molecular complexity index is 1090. The zero-order valence-electron chi connectivity index (χ0n) is 16.9. The maximum Gasteiger partial charge on any atom is 0.349 e. The third kappa shape index (κ3) is 4.79. The largest absolute Gasteiger partial charge is 0.351 e. The summed E-state index contributed by atoms with van der Waals surface area (Å²) < 4.78 is 1.73. The van der Waals surface area contributed by atoms with E-state index in [4.69, 9.17) is 0 Å². The van der Waals surface area contributed by atoms with Crippen molar-refractivity contribution < 1.29 is 4.79 Å². The van der Waals surface area contributed by atoms with Gasteiger partial charge in [0, 0.05) is 24.0 Å². The Balaban J connectivity index is 1.42. The zero-order chi connectivity index (χ0) is 20.9. The minimum atomic E-state index is -0.274. The average molecular weight is 421 g/mol. The number of carbonyl (C=O) groups is 1. The standard InChI is InChI=1S/C23H24N4O2S/c1-16-8-10-17(11-9-16)13-25-21(28)15-30-22-19-6-4-7-20(19)27(23(29)26-22)14-18-5-2-3-12-24-18/h2-3,5,8-12H,4,6-7,13-15H2,1H3,(H,25,28). The fourth-order valence-corrected chi connectivity index (χ4v) is 4.52. The molecule has 0 aliphatic heterocycles. The predicted octanol–water partition coefficient (Wildman–Crippen LogP) is 2.89. The number of aryl methyl sites for hydroxylation is 1. The van der Waals surface area contributed by atoms with Gasteiger partial charge in [-0.05, 0) is 43.9 Å². The van der Waals surface area contributed by atoms with Crippen molar-refractivity contribution in [2.24, 2.45) is 0 Å². The number of hydrogen-bond donors (Lipinski definition) is 1. The maximum atomic E-state index is 12.7. The number of aromatic nitrogens is 3. The van der Waals surface area contributed by atoms with Gasteiger partial charge in [0.2, 0.25) is 5.91 Å². The number of amides is 1. The molecule has 1 aliphatic carbocycles. The van der Waals surface area contributed by atoms with Crippen LogP contribution in [0.4, 0.5) is 0 Å². The van der Waals surface area contributed by atoms with Gasteiger partial charge >= 0.3 is 5.69 Å². The first kappa shape index (κ1) is 20.3. The van der Waals surface area contributed by atoms with Crippen LogP contribution >= 0.6 is 11.8 Å². The summed E-state index contributed by atoms with van der Waals surface area (Å²) in [6, 6.07) is 13.8. The van der Waals surface area contributed by atoms with Crippen molar-refractivity contribution >= 4 is 17.7 Å². The second-order valence-corrected chi connectivity index (χ2v) is 8.40. The number of carbonyl (C=O) groups excluding carboxylic acids is 1. The Kier molecular flexibility index (Phi) is 6.28. The van der Waals surface area contributed by atoms with E-state index in [1.165, 1.54) is 17.3 Å². The normalized spacial score (nSPS) is 12.6. The molecule has 0 unspecified atom stereocenters. The van der Waals surface area contributed by atoms with Gasteiger partial charge in [0.1, 0.15) is 5.03 Å². The number of nitrogens with one attached hydrogen (secondary N) is 1. The van der Waals surface area contributed by atoms with Gasteiger partial charge in [-0.15, -0.1) is 0 Å². The highest BCUT2D eigenvalue weighted by molar-refractivity contribution is 7.99. The number of hydrogen-bond acceptors (Lipinski definition) is 5. The minimum absolute atomic E-state index is 0.0632. The minimum Gasteiger partial charge on any atom is -0.351 e. The Labute approximate surface area is 179 Å². The predicted molar refractivity (Wildman–Crippen MR) is 118 cm³/mol. The van der Waals surface area contributed by atoms with Gasteiger partial charge in [-0.2, -0.15) is 4.98 Å². The van der Waals surface area contributed by atoms with E-state index < -0.39 is 0 Å². The van der Waals surface area contributed by atoms with Crippen LogP contribution in [0.2, 0.25) is 0 Å². The molecule has 7 heteroatoms. The van der Waals surface area contributed by atoms with Crippen LogP contribution in [0.15, 0.2) is 58.5 Å². The summed E-state index contributed by atoms with van der Waals surface area (Å²) >= 11 is 1.35. The van der Waals surface area contributed by atoms with Crippen LogP contribution in [-0.4, -0.2) is 26.2 Å². The molecule has 0 saturated heterocycles. The first-order valence-electron chi connectivity index (χ1n) is 10.1. The summed E-state index contributed by atoms with van der Waals surface area (Å²) in [5.41, 5.74) is 4.95. The van der Waals surface area contributed by atoms with Gasteiger partial charge in [0.25, 0.3) is 0 Å². The molecular weight excluding hydrogens is 396 g/mol. The maximum absolute atomic E-state index is 12.7. The van der Waals surface area contributed by atoms with Crippen LogP contribution in [0.3, 0.4) is 0 Å². The molecule has 0 radical (unpaired) electrons. The van der Waals surface area contributed by atoms with E-state index in [0.717, 1.165) is 41.8 Å². The SMILES string of the molecule is Cc1ccc(CNC(=O)CSc2nc(=O)n(Cc3ccccn3)c3c2CCC3)cc1. The monoisotopic (exact) mass is 420 g/mol. The van der Waals surface area contributed by atoms with E-state index >= 15 is 0 Å². The third-order valence-electron chi connectivity index (χ3n) is 5.20. The molecule has 1 aromatic carbocycles. The van der Waals surface area contributed by atoms with Crippen LogP contribution in [0.1, 0.15) is 34.5 Å². The summed E-state index contributed by atoms with van der Waals surface area (Å²) in [7, 11) is 0. The van der Waals surface area contributed by atoms with Crippen LogP contribution in [0.5, 0.6) is 0 Å². The molecule has 1 aliphatic rings. The molecule has 6 nitrogen and oxygen atoms in total. The molecule has 4 rings (SSSR count). The summed E-state index contributed by atoms with van der Waals surface area (Å²) in [6.45, 7) is 2.96. The fourth-order valence-electron chi connectivity index (χ4n) is 3.61. The lowest BCUT2D eigenvalue weighted by molar-refractivity contribution is -0.118. The average Bonchev–Trinajstić information content (AvgIpc) is 3.25. The van der Waals surface area contributed by atoms with Gasteiger partial charge < -0.3 is 5.32 Å². The Morgan fingerprint density at radius 2 is 2.00 bits per heavy atom. The topological polar surface area (TPSA) is 76.9 Å². The number of rotatable bonds is 7. The molecule has 2 aromatic heterocycles. The number of thioether (sulfide) groups is 1. The molecule has 1 N–H and O–H groups in total. The van der Waals surface area contributed by atoms with E-state index in [-0.39, 0.29) is 17.3 Å². The van der Waals surface area contributed by atoms with Gasteiger partial charge in [-0.25, -0.2) is 4.79 Å². The van der Waals surface area contributed by atoms with E-state index in [0.29, 0.717) is 18.1 Å². The van der Waals surface area contributed by atoms with Gasteiger partial charge in [-0.1, -0.05) is 47.7 Å². The van der Waals surface area contributed by atoms with Crippen molar-refractivity contribution in [1.82, 2.24) is 19.9 Å². The Morgan fingerprint density at radius 1 is 1.17 bits per heavy atom. The lowest BCUT2D eigenvalue weighted by Gasteiger charge is -2.14. The van der Waals surface area contributed by atoms with Crippen LogP contribution in [0.25, 0.3) is 0 Å². The highest BCUT2D eigenvalue weighted by atomic mass is 32.2. The lowest BCUT2D eigenvalue weighted by atomic mass is 10.1. The van der Waals surface area contributed by atoms with Crippen molar-refractivity contribution in [3.8, 4) is 0 Å². The van der Waals surface area contributed by atoms with Gasteiger partial charge in [0.05, 0.1) is 18.0 Å². The number of nitrogens with zero attached hydrogens (tertiary/aromatic N) is 3. The number of pyridine rings is 1. The quantitative estimate of drug-likeness (QED) is 0.470. The molecule has 0 spiro atoms. The second-order valence-electron chi connectivity index (χ2n) is 7.44. The highest BCUT2D eigenvalue weighted by Gasteiger charge is 2.22. The molecule has 1 amide bonds. The summed E-state index contributed by atoms with van der Waals surface area (Å²) in [5.74, 6) is 0.182. The van der Waals surface area contributed by atoms with E-state index in [1.54, 1.807) is 10.8 Å². The van der Waals surface area contributed by atoms with E-state index in [1.807, 2.05) is 49.4 Å². The van der Waals surface area contributed by atoms with Crippen molar-refractivity contribution in [2.75, 3.05) is 5.75 Å². The molecule has 3 aromatic rings. The highest BCUT2D eigenvalue weighted by Crippen LogP contribution is 2.29. The summed E-state index contributed by atoms with van der Waals surface area (Å²) in [6.07, 6.45) is 4.47. The van der Waals surface area contributed by atoms with Crippen molar-refractivity contribution in [2.45, 2.75) is 44.3 Å². The Morgan fingerprint density at radius 3 is 2.77 bits per heavy atom. The molecule has 154 valence electrons. The van der Waals surface area contributed by atoms with Gasteiger partial charge in [0.15, 0.2) is 0 Å². The zero-order valence-corrected chi connectivity index (χ0v) is 17.7. The van der Waals surface area contributed by atoms with Crippen LogP contribution in [-0.2, 0) is 30.7 Å². The number of benzene rings is 1. The lowest BCUT2D eigenvalue weighted by Crippen LogP contribution is -2.29. The smallest absolute Gasteiger partial charge is 0.349 e. The van der Waals surface area contributed by atoms with Crippen molar-refractivity contribution in [3.05, 3.63) is 87.2 Å². The Hall–Kier alpha value is -2.93. The first-order chi connectivity index (χ1) is 14.6. The van der Waals surface area contributed by atoms with Crippen LogP contribution < -0.4 is 11.0 Å². The molecule has 0 fully saturated rings. The van der Waals surface area contributed by atoms with Crippen molar-refractivity contribution in [3.63, 3.8) is 0 Å². The molecule has 0 atom stereocenters.